The van der Waals surface area contributed by atoms with Gasteiger partial charge >= 0.3 is 0 Å². The molecular weight excluding hydrogens is 352 g/mol. The van der Waals surface area contributed by atoms with E-state index in [2.05, 4.69) is 5.10 Å². The summed E-state index contributed by atoms with van der Waals surface area (Å²) < 4.78 is 56.7. The van der Waals surface area contributed by atoms with E-state index in [4.69, 9.17) is 9.56 Å². The van der Waals surface area contributed by atoms with E-state index < -0.39 is 22.1 Å². The number of nitrogens with zero attached hydrogens (tertiary/aromatic N) is 2. The summed E-state index contributed by atoms with van der Waals surface area (Å²) >= 11 is 0. The van der Waals surface area contributed by atoms with Gasteiger partial charge < -0.3 is 4.42 Å². The lowest BCUT2D eigenvalue weighted by molar-refractivity contribution is 0.145. The fourth-order valence-electron chi connectivity index (χ4n) is 2.64. The number of aromatic nitrogens is 2. The fourth-order valence-corrected chi connectivity index (χ4v) is 3.35. The summed E-state index contributed by atoms with van der Waals surface area (Å²) in [6.45, 7) is 3.41. The highest BCUT2D eigenvalue weighted by atomic mass is 32.2. The van der Waals surface area contributed by atoms with Crippen LogP contribution in [0.1, 0.15) is 23.6 Å². The Kier molecular flexibility index (Phi) is 4.21. The third kappa shape index (κ3) is 3.20. The maximum atomic E-state index is 13.2. The van der Waals surface area contributed by atoms with Crippen LogP contribution in [0.2, 0.25) is 0 Å². The van der Waals surface area contributed by atoms with Crippen molar-refractivity contribution in [1.29, 1.82) is 0 Å². The van der Waals surface area contributed by atoms with Gasteiger partial charge in [-0.25, -0.2) is 27.0 Å². The Labute approximate surface area is 142 Å². The predicted molar refractivity (Wildman–Crippen MR) is 87.1 cm³/mol. The second kappa shape index (κ2) is 6.08. The van der Waals surface area contributed by atoms with Crippen molar-refractivity contribution in [2.45, 2.75) is 25.2 Å². The van der Waals surface area contributed by atoms with Crippen molar-refractivity contribution in [3.63, 3.8) is 0 Å². The van der Waals surface area contributed by atoms with Gasteiger partial charge in [-0.15, -0.1) is 0 Å². The lowest BCUT2D eigenvalue weighted by Crippen LogP contribution is -2.16. The van der Waals surface area contributed by atoms with Gasteiger partial charge in [0.2, 0.25) is 10.0 Å². The van der Waals surface area contributed by atoms with Gasteiger partial charge in [0.1, 0.15) is 22.1 Å². The molecule has 2 aromatic heterocycles. The van der Waals surface area contributed by atoms with Crippen LogP contribution in [0.4, 0.5) is 8.78 Å². The lowest BCUT2D eigenvalue weighted by Gasteiger charge is -2.11. The summed E-state index contributed by atoms with van der Waals surface area (Å²) in [6.07, 6.45) is -2.81. The third-order valence-electron chi connectivity index (χ3n) is 3.67. The average molecular weight is 367 g/mol. The summed E-state index contributed by atoms with van der Waals surface area (Å²) in [5.41, 5.74) is 0.449. The molecule has 6 nitrogen and oxygen atoms in total. The van der Waals surface area contributed by atoms with Crippen LogP contribution in [0.15, 0.2) is 45.7 Å². The van der Waals surface area contributed by atoms with E-state index in [1.54, 1.807) is 26.0 Å². The van der Waals surface area contributed by atoms with Crippen LogP contribution in [-0.2, 0) is 10.0 Å². The molecule has 0 unspecified atom stereocenters. The molecule has 0 aliphatic heterocycles. The first kappa shape index (κ1) is 17.3. The van der Waals surface area contributed by atoms with Gasteiger partial charge in [-0.3, -0.25) is 0 Å². The molecule has 0 fully saturated rings. The maximum absolute atomic E-state index is 13.2. The number of aryl methyl sites for hydroxylation is 2. The number of primary sulfonamides is 1. The Morgan fingerprint density at radius 1 is 1.20 bits per heavy atom. The molecule has 0 aliphatic carbocycles. The van der Waals surface area contributed by atoms with E-state index in [1.807, 2.05) is 0 Å². The van der Waals surface area contributed by atoms with Crippen LogP contribution < -0.4 is 5.14 Å². The molecule has 0 spiro atoms. The highest BCUT2D eigenvalue weighted by molar-refractivity contribution is 7.89. The van der Waals surface area contributed by atoms with Crippen LogP contribution in [0, 0.1) is 13.8 Å². The Bertz CT molecular complexity index is 1040. The van der Waals surface area contributed by atoms with Crippen molar-refractivity contribution in [3.05, 3.63) is 53.6 Å². The number of furan rings is 1. The van der Waals surface area contributed by atoms with Crippen molar-refractivity contribution in [2.75, 3.05) is 0 Å². The summed E-state index contributed by atoms with van der Waals surface area (Å²) in [6, 6.07) is 8.71. The first-order valence-corrected chi connectivity index (χ1v) is 8.81. The highest BCUT2D eigenvalue weighted by Crippen LogP contribution is 2.33. The van der Waals surface area contributed by atoms with E-state index in [0.29, 0.717) is 22.8 Å². The number of hydrogen-bond donors (Lipinski definition) is 1. The molecule has 0 atom stereocenters. The molecule has 0 bridgehead atoms. The minimum Gasteiger partial charge on any atom is -0.466 e. The topological polar surface area (TPSA) is 91.1 Å². The summed E-state index contributed by atoms with van der Waals surface area (Å²) in [5.74, 6) is 1.10. The molecule has 132 valence electrons. The van der Waals surface area contributed by atoms with Gasteiger partial charge in [-0.1, -0.05) is 12.1 Å². The average Bonchev–Trinajstić information content (AvgIpc) is 3.09. The monoisotopic (exact) mass is 367 g/mol. The van der Waals surface area contributed by atoms with Gasteiger partial charge in [-0.05, 0) is 38.1 Å². The Morgan fingerprint density at radius 2 is 1.88 bits per heavy atom. The number of alkyl halides is 2. The first-order valence-electron chi connectivity index (χ1n) is 7.26. The second-order valence-electron chi connectivity index (χ2n) is 5.51. The zero-order valence-corrected chi connectivity index (χ0v) is 14.2. The minimum absolute atomic E-state index is 0.0881. The smallest absolute Gasteiger partial charge is 0.282 e. The van der Waals surface area contributed by atoms with Gasteiger partial charge in [0, 0.05) is 5.56 Å². The van der Waals surface area contributed by atoms with Gasteiger partial charge in [0.05, 0.1) is 11.4 Å². The molecule has 3 aromatic rings. The Morgan fingerprint density at radius 3 is 2.44 bits per heavy atom. The van der Waals surface area contributed by atoms with Crippen molar-refractivity contribution in [2.24, 2.45) is 5.14 Å². The molecule has 9 heteroatoms. The van der Waals surface area contributed by atoms with Gasteiger partial charge in [0.15, 0.2) is 0 Å². The molecule has 0 amide bonds. The molecule has 1 aromatic carbocycles. The molecule has 0 radical (unpaired) electrons. The minimum atomic E-state index is -4.07. The van der Waals surface area contributed by atoms with E-state index in [1.165, 1.54) is 24.3 Å². The molecule has 0 saturated carbocycles. The molecule has 25 heavy (non-hydrogen) atoms. The van der Waals surface area contributed by atoms with E-state index in [0.717, 1.165) is 4.68 Å². The molecule has 0 saturated heterocycles. The normalized spacial score (nSPS) is 12.1. The molecule has 3 rings (SSSR count). The van der Waals surface area contributed by atoms with Crippen LogP contribution >= 0.6 is 0 Å². The van der Waals surface area contributed by atoms with E-state index >= 15 is 0 Å². The van der Waals surface area contributed by atoms with Crippen molar-refractivity contribution < 1.29 is 21.6 Å². The fraction of sp³-hybridized carbons (Fsp3) is 0.188. The quantitative estimate of drug-likeness (QED) is 0.766. The maximum Gasteiger partial charge on any atom is 0.282 e. The molecule has 2 N–H and O–H groups in total. The summed E-state index contributed by atoms with van der Waals surface area (Å²) in [4.78, 5) is -0.210. The van der Waals surface area contributed by atoms with Crippen LogP contribution in [-0.4, -0.2) is 18.2 Å². The number of nitrogens with two attached hydrogens (primary N) is 1. The first-order chi connectivity index (χ1) is 11.7. The Balaban J connectivity index is 2.33. The van der Waals surface area contributed by atoms with Crippen molar-refractivity contribution in [3.8, 4) is 16.9 Å². The zero-order chi connectivity index (χ0) is 18.4. The van der Waals surface area contributed by atoms with Crippen LogP contribution in [0.25, 0.3) is 16.9 Å². The van der Waals surface area contributed by atoms with E-state index in [9.17, 15) is 17.2 Å². The van der Waals surface area contributed by atoms with Crippen LogP contribution in [0.3, 0.4) is 0 Å². The third-order valence-corrected chi connectivity index (χ3v) is 4.63. The molecule has 2 heterocycles. The molecule has 0 aliphatic rings. The van der Waals surface area contributed by atoms with Crippen molar-refractivity contribution >= 4 is 10.0 Å². The lowest BCUT2D eigenvalue weighted by atomic mass is 10.1. The van der Waals surface area contributed by atoms with E-state index in [-0.39, 0.29) is 10.6 Å². The zero-order valence-electron chi connectivity index (χ0n) is 13.4. The summed E-state index contributed by atoms with van der Waals surface area (Å²) in [5, 5.41) is 9.13. The number of sulfonamides is 1. The number of benzene rings is 1. The van der Waals surface area contributed by atoms with Gasteiger partial charge in [0.25, 0.3) is 6.43 Å². The summed E-state index contributed by atoms with van der Waals surface area (Å²) in [7, 11) is -4.07. The van der Waals surface area contributed by atoms with Gasteiger partial charge in [-0.2, -0.15) is 5.10 Å². The Hall–Kier alpha value is -2.52. The van der Waals surface area contributed by atoms with Crippen molar-refractivity contribution in [1.82, 2.24) is 9.78 Å². The number of hydrogen-bond acceptors (Lipinski definition) is 4. The second-order valence-corrected chi connectivity index (χ2v) is 7.04. The number of rotatable bonds is 4. The number of para-hydroxylation sites is 1. The standard InChI is InChI=1S/C16H15F2N3O3S/c1-9-7-11(10(2)24-9)14-8-12(16(17)18)20-21(14)13-5-3-4-6-15(13)25(19,22)23/h3-8,16H,1-2H3,(H2,19,22,23). The largest absolute Gasteiger partial charge is 0.466 e. The SMILES string of the molecule is Cc1cc(-c2cc(C(F)F)nn2-c2ccccc2S(N)(=O)=O)c(C)o1. The number of halogens is 2. The predicted octanol–water partition coefficient (Wildman–Crippen LogP) is 3.33. The van der Waals surface area contributed by atoms with Crippen LogP contribution in [0.5, 0.6) is 0 Å². The highest BCUT2D eigenvalue weighted by Gasteiger charge is 2.23. The molecular formula is C16H15F2N3O3S.